The molecule has 1 atom stereocenters. The number of carbonyl (C=O) groups excluding carboxylic acids is 2. The van der Waals surface area contributed by atoms with Crippen LogP contribution < -0.4 is 14.4 Å². The standard InChI is InChI=1S/C29H25Cl2N3O6S2/c1-4-38-20-11-8-16(12-22(20)39-5-2)24-23(25(35)21-10-6-15(3)40-21)26(36)27(37)34(24)28-32-33-29(42-28)41-14-17-7-9-18(30)13-19(17)31/h6-13,24,36H,4-5,14H2,1-3H3. The number of anilines is 1. The first-order valence-electron chi connectivity index (χ1n) is 12.9. The molecule has 0 spiro atoms. The number of carbonyl (C=O) groups is 2. The maximum absolute atomic E-state index is 13.7. The van der Waals surface area contributed by atoms with Gasteiger partial charge in [0, 0.05) is 15.8 Å². The monoisotopic (exact) mass is 645 g/mol. The lowest BCUT2D eigenvalue weighted by molar-refractivity contribution is -0.117. The molecule has 1 aliphatic heterocycles. The number of hydrogen-bond acceptors (Lipinski definition) is 10. The van der Waals surface area contributed by atoms with Crippen molar-refractivity contribution in [2.24, 2.45) is 0 Å². The van der Waals surface area contributed by atoms with Crippen LogP contribution in [0.1, 0.15) is 47.3 Å². The third-order valence-electron chi connectivity index (χ3n) is 6.27. The van der Waals surface area contributed by atoms with E-state index in [4.69, 9.17) is 37.1 Å². The summed E-state index contributed by atoms with van der Waals surface area (Å²) in [6.07, 6.45) is 0. The van der Waals surface area contributed by atoms with Crippen molar-refractivity contribution < 1.29 is 28.6 Å². The second-order valence-corrected chi connectivity index (χ2v) is 12.0. The molecule has 218 valence electrons. The smallest absolute Gasteiger partial charge is 0.296 e. The molecule has 2 aromatic carbocycles. The summed E-state index contributed by atoms with van der Waals surface area (Å²) in [5.41, 5.74) is 1.22. The molecular weight excluding hydrogens is 621 g/mol. The number of nitrogens with zero attached hydrogens (tertiary/aromatic N) is 3. The number of rotatable bonds is 11. The normalized spacial score (nSPS) is 15.0. The lowest BCUT2D eigenvalue weighted by atomic mass is 9.95. The van der Waals surface area contributed by atoms with Gasteiger partial charge in [0.25, 0.3) is 5.91 Å². The van der Waals surface area contributed by atoms with Crippen LogP contribution in [-0.4, -0.2) is 40.2 Å². The number of thioether (sulfide) groups is 1. The van der Waals surface area contributed by atoms with Crippen LogP contribution in [0.15, 0.2) is 68.6 Å². The zero-order valence-corrected chi connectivity index (χ0v) is 25.9. The van der Waals surface area contributed by atoms with Crippen LogP contribution in [0.2, 0.25) is 10.0 Å². The van der Waals surface area contributed by atoms with E-state index in [1.54, 1.807) is 43.3 Å². The van der Waals surface area contributed by atoms with Crippen LogP contribution in [0.3, 0.4) is 0 Å². The van der Waals surface area contributed by atoms with Crippen LogP contribution in [-0.2, 0) is 10.5 Å². The average molecular weight is 647 g/mol. The molecular formula is C29H25Cl2N3O6S2. The molecule has 1 aliphatic rings. The molecule has 0 aliphatic carbocycles. The lowest BCUT2D eigenvalue weighted by Gasteiger charge is -2.24. The molecule has 1 unspecified atom stereocenters. The molecule has 42 heavy (non-hydrogen) atoms. The highest BCUT2D eigenvalue weighted by molar-refractivity contribution is 8.00. The van der Waals surface area contributed by atoms with E-state index in [-0.39, 0.29) is 16.5 Å². The number of halogens is 2. The maximum Gasteiger partial charge on any atom is 0.296 e. The van der Waals surface area contributed by atoms with E-state index in [0.717, 1.165) is 16.9 Å². The third-order valence-corrected chi connectivity index (χ3v) is 8.96. The number of aryl methyl sites for hydroxylation is 1. The lowest BCUT2D eigenvalue weighted by Crippen LogP contribution is -2.31. The summed E-state index contributed by atoms with van der Waals surface area (Å²) in [6, 6.07) is 12.5. The van der Waals surface area contributed by atoms with Crippen molar-refractivity contribution in [3.63, 3.8) is 0 Å². The quantitative estimate of drug-likeness (QED) is 0.0998. The van der Waals surface area contributed by atoms with E-state index in [1.807, 2.05) is 19.9 Å². The number of aromatic nitrogens is 2. The summed E-state index contributed by atoms with van der Waals surface area (Å²) in [4.78, 5) is 28.5. The number of ketones is 1. The molecule has 5 rings (SSSR count). The van der Waals surface area contributed by atoms with Crippen molar-refractivity contribution in [2.75, 3.05) is 18.1 Å². The second-order valence-electron chi connectivity index (χ2n) is 9.03. The molecule has 0 fully saturated rings. The Morgan fingerprint density at radius 1 is 1.07 bits per heavy atom. The summed E-state index contributed by atoms with van der Waals surface area (Å²) in [6.45, 7) is 6.18. The number of aliphatic hydroxyl groups is 1. The fourth-order valence-electron chi connectivity index (χ4n) is 4.41. The average Bonchev–Trinajstić information content (AvgIpc) is 3.67. The summed E-state index contributed by atoms with van der Waals surface area (Å²) < 4.78 is 17.6. The van der Waals surface area contributed by atoms with Gasteiger partial charge < -0.3 is 19.0 Å². The van der Waals surface area contributed by atoms with Gasteiger partial charge in [-0.2, -0.15) is 0 Å². The van der Waals surface area contributed by atoms with Crippen LogP contribution in [0, 0.1) is 6.92 Å². The minimum atomic E-state index is -1.04. The first kappa shape index (κ1) is 30.0. The predicted octanol–water partition coefficient (Wildman–Crippen LogP) is 7.62. The van der Waals surface area contributed by atoms with Crippen LogP contribution in [0.4, 0.5) is 5.13 Å². The number of furan rings is 1. The number of Topliss-reactive ketones (excluding diaryl/α,β-unsaturated/α-hetero) is 1. The fourth-order valence-corrected chi connectivity index (χ4v) is 6.84. The summed E-state index contributed by atoms with van der Waals surface area (Å²) in [7, 11) is 0. The Morgan fingerprint density at radius 2 is 1.83 bits per heavy atom. The van der Waals surface area contributed by atoms with Crippen molar-refractivity contribution in [1.29, 1.82) is 0 Å². The number of hydrogen-bond donors (Lipinski definition) is 1. The van der Waals surface area contributed by atoms with Crippen molar-refractivity contribution >= 4 is 63.1 Å². The molecule has 9 nitrogen and oxygen atoms in total. The number of benzene rings is 2. The molecule has 1 amide bonds. The van der Waals surface area contributed by atoms with Gasteiger partial charge in [-0.15, -0.1) is 10.2 Å². The zero-order chi connectivity index (χ0) is 30.0. The topological polar surface area (TPSA) is 115 Å². The molecule has 13 heteroatoms. The molecule has 3 heterocycles. The fraction of sp³-hybridized carbons (Fsp3) is 0.241. The van der Waals surface area contributed by atoms with Crippen LogP contribution in [0.25, 0.3) is 0 Å². The Morgan fingerprint density at radius 3 is 2.52 bits per heavy atom. The third kappa shape index (κ3) is 6.00. The highest BCUT2D eigenvalue weighted by Gasteiger charge is 2.47. The minimum absolute atomic E-state index is 0.00183. The molecule has 2 aromatic heterocycles. The van der Waals surface area contributed by atoms with Gasteiger partial charge in [0.1, 0.15) is 5.76 Å². The second kappa shape index (κ2) is 12.8. The van der Waals surface area contributed by atoms with Crippen LogP contribution in [0.5, 0.6) is 11.5 Å². The van der Waals surface area contributed by atoms with E-state index in [1.165, 1.54) is 22.7 Å². The molecule has 4 aromatic rings. The molecule has 0 saturated heterocycles. The van der Waals surface area contributed by atoms with Crippen LogP contribution >= 0.6 is 46.3 Å². The SMILES string of the molecule is CCOc1ccc(C2C(C(=O)c3ccc(C)o3)=C(O)C(=O)N2c2nnc(SCc3ccc(Cl)cc3Cl)s2)cc1OCC. The number of aliphatic hydroxyl groups excluding tert-OH is 1. The Hall–Kier alpha value is -3.51. The highest BCUT2D eigenvalue weighted by atomic mass is 35.5. The Bertz CT molecular complexity index is 1690. The molecule has 0 bridgehead atoms. The summed E-state index contributed by atoms with van der Waals surface area (Å²) in [5.74, 6) is -0.147. The van der Waals surface area contributed by atoms with E-state index in [2.05, 4.69) is 10.2 Å². The van der Waals surface area contributed by atoms with Crippen molar-refractivity contribution in [3.05, 3.63) is 92.6 Å². The van der Waals surface area contributed by atoms with Gasteiger partial charge in [-0.25, -0.2) is 0 Å². The van der Waals surface area contributed by atoms with Crippen molar-refractivity contribution in [3.8, 4) is 11.5 Å². The maximum atomic E-state index is 13.7. The summed E-state index contributed by atoms with van der Waals surface area (Å²) in [5, 5.41) is 20.8. The van der Waals surface area contributed by atoms with Gasteiger partial charge in [0.05, 0.1) is 24.8 Å². The Balaban J connectivity index is 1.53. The predicted molar refractivity (Wildman–Crippen MR) is 162 cm³/mol. The van der Waals surface area contributed by atoms with Gasteiger partial charge in [0.15, 0.2) is 27.4 Å². The molecule has 0 saturated carbocycles. The first-order valence-corrected chi connectivity index (χ1v) is 15.4. The van der Waals surface area contributed by atoms with E-state index in [0.29, 0.717) is 56.2 Å². The highest BCUT2D eigenvalue weighted by Crippen LogP contribution is 2.45. The van der Waals surface area contributed by atoms with Crippen molar-refractivity contribution in [2.45, 2.75) is 36.9 Å². The van der Waals surface area contributed by atoms with Gasteiger partial charge in [-0.3, -0.25) is 14.5 Å². The Kier molecular flexibility index (Phi) is 9.12. The number of ether oxygens (including phenoxy) is 2. The van der Waals surface area contributed by atoms with Gasteiger partial charge in [-0.1, -0.05) is 58.4 Å². The van der Waals surface area contributed by atoms with E-state index >= 15 is 0 Å². The minimum Gasteiger partial charge on any atom is -0.503 e. The van der Waals surface area contributed by atoms with E-state index in [9.17, 15) is 14.7 Å². The van der Waals surface area contributed by atoms with E-state index < -0.39 is 23.5 Å². The zero-order valence-electron chi connectivity index (χ0n) is 22.7. The van der Waals surface area contributed by atoms with Gasteiger partial charge in [-0.05, 0) is 68.3 Å². The number of amides is 1. The largest absolute Gasteiger partial charge is 0.503 e. The molecule has 0 radical (unpaired) electrons. The molecule has 1 N–H and O–H groups in total. The Labute approximate surface area is 260 Å². The first-order chi connectivity index (χ1) is 20.2. The van der Waals surface area contributed by atoms with Gasteiger partial charge in [0.2, 0.25) is 10.9 Å². The van der Waals surface area contributed by atoms with Crippen molar-refractivity contribution in [1.82, 2.24) is 10.2 Å². The van der Waals surface area contributed by atoms with Gasteiger partial charge >= 0.3 is 0 Å². The summed E-state index contributed by atoms with van der Waals surface area (Å²) >= 11 is 14.9.